The Morgan fingerprint density at radius 2 is 1.76 bits per heavy atom. The molecule has 0 spiro atoms. The van der Waals surface area contributed by atoms with Gasteiger partial charge >= 0.3 is 5.97 Å². The van der Waals surface area contributed by atoms with Crippen LogP contribution in [0.3, 0.4) is 0 Å². The van der Waals surface area contributed by atoms with Gasteiger partial charge in [0.2, 0.25) is 0 Å². The summed E-state index contributed by atoms with van der Waals surface area (Å²) in [7, 11) is 1.23. The van der Waals surface area contributed by atoms with E-state index in [9.17, 15) is 14.4 Å². The number of anilines is 2. The molecule has 0 saturated heterocycles. The number of methoxy groups -OCH3 is 1. The molecule has 0 saturated carbocycles. The largest absolute Gasteiger partial charge is 0.482 e. The van der Waals surface area contributed by atoms with Gasteiger partial charge in [0.1, 0.15) is 10.8 Å². The monoisotopic (exact) mass is 506 g/mol. The van der Waals surface area contributed by atoms with Crippen LogP contribution in [-0.4, -0.2) is 31.5 Å². The predicted molar refractivity (Wildman–Crippen MR) is 130 cm³/mol. The minimum Gasteiger partial charge on any atom is -0.482 e. The zero-order valence-corrected chi connectivity index (χ0v) is 20.3. The molecule has 2 aromatic carbocycles. The van der Waals surface area contributed by atoms with Crippen molar-refractivity contribution in [2.24, 2.45) is 0 Å². The second-order valence-corrected chi connectivity index (χ2v) is 8.80. The van der Waals surface area contributed by atoms with Gasteiger partial charge in [-0.15, -0.1) is 11.3 Å². The summed E-state index contributed by atoms with van der Waals surface area (Å²) in [4.78, 5) is 38.1. The van der Waals surface area contributed by atoms with Gasteiger partial charge in [-0.05, 0) is 49.2 Å². The maximum Gasteiger partial charge on any atom is 0.341 e. The summed E-state index contributed by atoms with van der Waals surface area (Å²) < 4.78 is 10.3. The molecular formula is C23H20Cl2N2O5S. The normalized spacial score (nSPS) is 10.5. The zero-order chi connectivity index (χ0) is 24.1. The fourth-order valence-corrected chi connectivity index (χ4v) is 4.53. The Morgan fingerprint density at radius 3 is 2.42 bits per heavy atom. The zero-order valence-electron chi connectivity index (χ0n) is 18.0. The Kier molecular flexibility index (Phi) is 7.97. The molecule has 0 unspecified atom stereocenters. The summed E-state index contributed by atoms with van der Waals surface area (Å²) in [6.07, 6.45) is 0. The van der Waals surface area contributed by atoms with E-state index < -0.39 is 17.8 Å². The fourth-order valence-electron chi connectivity index (χ4n) is 2.96. The van der Waals surface area contributed by atoms with E-state index in [0.29, 0.717) is 16.3 Å². The van der Waals surface area contributed by atoms with E-state index in [2.05, 4.69) is 10.6 Å². The van der Waals surface area contributed by atoms with Crippen molar-refractivity contribution in [2.75, 3.05) is 24.4 Å². The first-order valence-corrected chi connectivity index (χ1v) is 11.2. The molecule has 0 aliphatic rings. The van der Waals surface area contributed by atoms with E-state index in [4.69, 9.17) is 32.7 Å². The Bertz CT molecular complexity index is 1230. The van der Waals surface area contributed by atoms with Crippen molar-refractivity contribution >= 4 is 63.0 Å². The standard InChI is InChI=1S/C23H20Cl2N2O5S/c1-12-6-4-5-7-16(12)26-21(29)20-13(2)19(23(30)31-3)22(33-20)27-18(28)11-32-17-9-8-14(24)10-15(17)25/h4-10H,11H2,1-3H3,(H,26,29)(H,27,28). The van der Waals surface area contributed by atoms with Crippen LogP contribution >= 0.6 is 34.5 Å². The minimum absolute atomic E-state index is 0.107. The van der Waals surface area contributed by atoms with Crippen molar-refractivity contribution < 1.29 is 23.9 Å². The number of amides is 2. The van der Waals surface area contributed by atoms with Gasteiger partial charge in [0.25, 0.3) is 11.8 Å². The average Bonchev–Trinajstić information content (AvgIpc) is 3.10. The highest BCUT2D eigenvalue weighted by molar-refractivity contribution is 7.19. The lowest BCUT2D eigenvalue weighted by Crippen LogP contribution is -2.21. The van der Waals surface area contributed by atoms with E-state index in [1.54, 1.807) is 25.1 Å². The topological polar surface area (TPSA) is 93.7 Å². The highest BCUT2D eigenvalue weighted by atomic mass is 35.5. The van der Waals surface area contributed by atoms with Gasteiger partial charge in [0.05, 0.1) is 22.6 Å². The molecule has 3 aromatic rings. The molecule has 3 rings (SSSR count). The first-order chi connectivity index (χ1) is 15.7. The number of para-hydroxylation sites is 1. The second-order valence-electron chi connectivity index (χ2n) is 6.93. The van der Waals surface area contributed by atoms with Crippen molar-refractivity contribution in [3.8, 4) is 5.75 Å². The third kappa shape index (κ3) is 5.84. The number of thiophene rings is 1. The fraction of sp³-hybridized carbons (Fsp3) is 0.174. The lowest BCUT2D eigenvalue weighted by Gasteiger charge is -2.09. The molecule has 2 amide bonds. The van der Waals surface area contributed by atoms with Crippen molar-refractivity contribution in [2.45, 2.75) is 13.8 Å². The SMILES string of the molecule is COC(=O)c1c(NC(=O)COc2ccc(Cl)cc2Cl)sc(C(=O)Nc2ccccc2C)c1C. The molecule has 0 aliphatic heterocycles. The number of ether oxygens (including phenoxy) is 2. The van der Waals surface area contributed by atoms with Crippen molar-refractivity contribution in [3.05, 3.63) is 74.1 Å². The van der Waals surface area contributed by atoms with Gasteiger partial charge in [-0.2, -0.15) is 0 Å². The quantitative estimate of drug-likeness (QED) is 0.399. The molecule has 33 heavy (non-hydrogen) atoms. The Morgan fingerprint density at radius 1 is 1.03 bits per heavy atom. The van der Waals surface area contributed by atoms with Gasteiger partial charge in [-0.1, -0.05) is 41.4 Å². The Hall–Kier alpha value is -3.07. The number of esters is 1. The maximum absolute atomic E-state index is 12.9. The number of benzene rings is 2. The van der Waals surface area contributed by atoms with Gasteiger partial charge < -0.3 is 20.1 Å². The molecular weight excluding hydrogens is 487 g/mol. The number of hydrogen-bond acceptors (Lipinski definition) is 6. The lowest BCUT2D eigenvalue weighted by atomic mass is 10.1. The van der Waals surface area contributed by atoms with E-state index >= 15 is 0 Å². The Labute approximate surface area is 204 Å². The van der Waals surface area contributed by atoms with Crippen molar-refractivity contribution in [1.82, 2.24) is 0 Å². The predicted octanol–water partition coefficient (Wildman–Crippen LogP) is 5.73. The van der Waals surface area contributed by atoms with Crippen LogP contribution in [0.25, 0.3) is 0 Å². The van der Waals surface area contributed by atoms with E-state index in [0.717, 1.165) is 16.9 Å². The molecule has 7 nitrogen and oxygen atoms in total. The maximum atomic E-state index is 12.9. The summed E-state index contributed by atoms with van der Waals surface area (Å²) in [6.45, 7) is 3.12. The molecule has 0 fully saturated rings. The van der Waals surface area contributed by atoms with Crippen LogP contribution < -0.4 is 15.4 Å². The van der Waals surface area contributed by atoms with Gasteiger partial charge in [0.15, 0.2) is 6.61 Å². The summed E-state index contributed by atoms with van der Waals surface area (Å²) in [5.74, 6) is -1.33. The summed E-state index contributed by atoms with van der Waals surface area (Å²) in [5, 5.41) is 6.33. The molecule has 0 aliphatic carbocycles. The number of rotatable bonds is 7. The smallest absolute Gasteiger partial charge is 0.341 e. The molecule has 172 valence electrons. The van der Waals surface area contributed by atoms with Crippen LogP contribution in [0, 0.1) is 13.8 Å². The molecule has 2 N–H and O–H groups in total. The third-order valence-electron chi connectivity index (χ3n) is 4.64. The number of hydrogen-bond donors (Lipinski definition) is 2. The van der Waals surface area contributed by atoms with Crippen molar-refractivity contribution in [3.63, 3.8) is 0 Å². The summed E-state index contributed by atoms with van der Waals surface area (Å²) in [6, 6.07) is 11.9. The van der Waals surface area contributed by atoms with E-state index in [1.165, 1.54) is 13.2 Å². The summed E-state index contributed by atoms with van der Waals surface area (Å²) in [5.41, 5.74) is 2.04. The molecule has 0 bridgehead atoms. The van der Waals surface area contributed by atoms with Crippen molar-refractivity contribution in [1.29, 1.82) is 0 Å². The van der Waals surface area contributed by atoms with Crippen LogP contribution in [0.4, 0.5) is 10.7 Å². The molecule has 0 radical (unpaired) electrons. The number of aryl methyl sites for hydroxylation is 1. The summed E-state index contributed by atoms with van der Waals surface area (Å²) >= 11 is 12.9. The average molecular weight is 507 g/mol. The number of carbonyl (C=O) groups excluding carboxylic acids is 3. The first kappa shape index (κ1) is 24.6. The number of halogens is 2. The molecule has 0 atom stereocenters. The minimum atomic E-state index is -0.671. The number of nitrogens with one attached hydrogen (secondary N) is 2. The molecule has 1 heterocycles. The van der Waals surface area contributed by atoms with Gasteiger partial charge in [-0.3, -0.25) is 9.59 Å². The highest BCUT2D eigenvalue weighted by Gasteiger charge is 2.26. The first-order valence-electron chi connectivity index (χ1n) is 9.67. The Balaban J connectivity index is 1.80. The van der Waals surface area contributed by atoms with Crippen LogP contribution in [0.5, 0.6) is 5.75 Å². The van der Waals surface area contributed by atoms with Crippen LogP contribution in [0.2, 0.25) is 10.0 Å². The second kappa shape index (κ2) is 10.7. The lowest BCUT2D eigenvalue weighted by molar-refractivity contribution is -0.118. The van der Waals surface area contributed by atoms with Crippen LogP contribution in [-0.2, 0) is 9.53 Å². The van der Waals surface area contributed by atoms with Gasteiger partial charge in [0, 0.05) is 10.7 Å². The molecule has 10 heteroatoms. The van der Waals surface area contributed by atoms with Crippen LogP contribution in [0.1, 0.15) is 31.2 Å². The molecule has 1 aromatic heterocycles. The van der Waals surface area contributed by atoms with Gasteiger partial charge in [-0.25, -0.2) is 4.79 Å². The number of carbonyl (C=O) groups is 3. The third-order valence-corrected chi connectivity index (χ3v) is 6.38. The van der Waals surface area contributed by atoms with E-state index in [1.807, 2.05) is 25.1 Å². The van der Waals surface area contributed by atoms with Crippen LogP contribution in [0.15, 0.2) is 42.5 Å². The highest BCUT2D eigenvalue weighted by Crippen LogP contribution is 2.34. The van der Waals surface area contributed by atoms with E-state index in [-0.39, 0.29) is 32.8 Å².